The molecule has 6 N–H and O–H groups in total. The lowest BCUT2D eigenvalue weighted by atomic mass is 10.0. The van der Waals surface area contributed by atoms with Crippen molar-refractivity contribution in [2.45, 2.75) is 158 Å². The van der Waals surface area contributed by atoms with E-state index in [-0.39, 0.29) is 31.2 Å². The highest BCUT2D eigenvalue weighted by Gasteiger charge is 2.50. The molecular formula is C43H56N12O12Si. The van der Waals surface area contributed by atoms with E-state index in [0.29, 0.717) is 28.0 Å². The highest BCUT2D eigenvalue weighted by molar-refractivity contribution is 6.90. The molecule has 0 aliphatic carbocycles. The largest absolute Gasteiger partial charge is 0.390 e. The number of nitrogens with zero attached hydrogens (tertiary/aromatic N) is 9. The number of hydrogen-bond acceptors (Lipinski definition) is 16. The van der Waals surface area contributed by atoms with E-state index < -0.39 is 109 Å². The summed E-state index contributed by atoms with van der Waals surface area (Å²) in [6.07, 6.45) is -2.69. The second-order valence-electron chi connectivity index (χ2n) is 18.7. The third-order valence-corrected chi connectivity index (χ3v) is 19.9. The van der Waals surface area contributed by atoms with Gasteiger partial charge in [-0.1, -0.05) is 52.0 Å². The molecule has 364 valence electrons. The van der Waals surface area contributed by atoms with Crippen LogP contribution in [0.2, 0.25) is 16.6 Å². The number of aromatic nitrogens is 12. The zero-order chi connectivity index (χ0) is 48.9. The molecule has 0 amide bonds. The van der Waals surface area contributed by atoms with Crippen LogP contribution in [-0.2, 0) is 27.1 Å². The van der Waals surface area contributed by atoms with Crippen molar-refractivity contribution in [2.24, 2.45) is 0 Å². The van der Waals surface area contributed by atoms with Crippen LogP contribution in [-0.4, -0.2) is 119 Å². The summed E-state index contributed by atoms with van der Waals surface area (Å²) in [5, 5.41) is 52.1. The summed E-state index contributed by atoms with van der Waals surface area (Å²) in [6, 6.07) is 0.325. The smallest absolute Gasteiger partial charge is 0.330 e. The Morgan fingerprint density at radius 1 is 0.676 bits per heavy atom. The minimum atomic E-state index is -2.17. The molecule has 0 unspecified atom stereocenters. The monoisotopic (exact) mass is 960 g/mol. The van der Waals surface area contributed by atoms with Crippen molar-refractivity contribution in [3.63, 3.8) is 0 Å². The third kappa shape index (κ3) is 9.11. The van der Waals surface area contributed by atoms with E-state index in [1.807, 2.05) is 0 Å². The Hall–Kier alpha value is -6.14. The number of aliphatic hydroxyl groups is 3. The van der Waals surface area contributed by atoms with E-state index >= 15 is 0 Å². The zero-order valence-corrected chi connectivity index (χ0v) is 39.5. The maximum absolute atomic E-state index is 13.0. The van der Waals surface area contributed by atoms with Crippen LogP contribution >= 0.6 is 0 Å². The van der Waals surface area contributed by atoms with Gasteiger partial charge in [0.15, 0.2) is 12.5 Å². The van der Waals surface area contributed by atoms with Gasteiger partial charge >= 0.3 is 17.1 Å². The predicted molar refractivity (Wildman–Crippen MR) is 242 cm³/mol. The number of aryl methyl sites for hydroxylation is 1. The number of ether oxygens (including phenoxy) is 3. The van der Waals surface area contributed by atoms with Crippen molar-refractivity contribution < 1.29 is 29.5 Å². The minimum Gasteiger partial charge on any atom is -0.390 e. The number of H-pyrrole nitrogens is 3. The molecule has 3 aliphatic heterocycles. The molecule has 3 fully saturated rings. The summed E-state index contributed by atoms with van der Waals surface area (Å²) >= 11 is 0. The number of hydrogen-bond donors (Lipinski definition) is 6. The molecule has 11 atom stereocenters. The SMILES string of the molecule is Cc1cn([C@H]2C[C@H](O)[C@@H](Cc3cn([C@H]4[C@@H](O)[C@H](n5ccc(=O)[nH]c5=O)O[C@@H]4Cc4cn([C@H]5[C@@H](O)[C@H](n6ccc(=O)[nH]c6=O)O[C@@H]5CC#C[Si](C(C)C)(C(C)C)C(C)C)nn4)nn3)O2)c(=O)[nH]c1=O. The average molecular weight is 961 g/mol. The van der Waals surface area contributed by atoms with Crippen molar-refractivity contribution in [1.82, 2.24) is 58.6 Å². The molecule has 8 rings (SSSR count). The lowest BCUT2D eigenvalue weighted by Crippen LogP contribution is -2.43. The minimum absolute atomic E-state index is 0.0345. The van der Waals surface area contributed by atoms with Gasteiger partial charge in [-0.2, -0.15) is 0 Å². The van der Waals surface area contributed by atoms with Gasteiger partial charge in [0.1, 0.15) is 38.6 Å². The third-order valence-electron chi connectivity index (χ3n) is 13.6. The molecule has 0 saturated carbocycles. The van der Waals surface area contributed by atoms with Crippen molar-refractivity contribution in [2.75, 3.05) is 0 Å². The quantitative estimate of drug-likeness (QED) is 0.0639. The van der Waals surface area contributed by atoms with Crippen molar-refractivity contribution >= 4 is 8.07 Å². The normalized spacial score (nSPS) is 27.4. The van der Waals surface area contributed by atoms with Crippen LogP contribution in [0.3, 0.4) is 0 Å². The molecule has 25 heteroatoms. The molecule has 5 aromatic rings. The van der Waals surface area contributed by atoms with Crippen LogP contribution in [0.15, 0.2) is 71.9 Å². The summed E-state index contributed by atoms with van der Waals surface area (Å²) in [6.45, 7) is 14.7. The maximum Gasteiger partial charge on any atom is 0.330 e. The predicted octanol–water partition coefficient (Wildman–Crippen LogP) is -0.527. The molecule has 24 nitrogen and oxygen atoms in total. The summed E-state index contributed by atoms with van der Waals surface area (Å²) in [5.41, 5.74) is 1.62. The van der Waals surface area contributed by atoms with Gasteiger partial charge in [-0.3, -0.25) is 43.0 Å². The summed E-state index contributed by atoms with van der Waals surface area (Å²) < 4.78 is 25.0. The van der Waals surface area contributed by atoms with Crippen LogP contribution in [0.25, 0.3) is 0 Å². The number of aliphatic hydroxyl groups excluding tert-OH is 3. The van der Waals surface area contributed by atoms with Gasteiger partial charge in [-0.15, -0.1) is 21.7 Å². The lowest BCUT2D eigenvalue weighted by Gasteiger charge is -2.38. The highest BCUT2D eigenvalue weighted by atomic mass is 28.3. The Balaban J connectivity index is 1.08. The first-order valence-corrected chi connectivity index (χ1v) is 24.8. The van der Waals surface area contributed by atoms with E-state index in [2.05, 4.69) is 88.6 Å². The van der Waals surface area contributed by atoms with Gasteiger partial charge in [-0.25, -0.2) is 23.7 Å². The first kappa shape index (κ1) is 48.3. The number of aromatic amines is 3. The summed E-state index contributed by atoms with van der Waals surface area (Å²) in [5.74, 6) is 3.40. The first-order chi connectivity index (χ1) is 32.3. The summed E-state index contributed by atoms with van der Waals surface area (Å²) in [4.78, 5) is 81.0. The van der Waals surface area contributed by atoms with Crippen LogP contribution in [0.5, 0.6) is 0 Å². The topological polar surface area (TPSA) is 314 Å². The van der Waals surface area contributed by atoms with Crippen molar-refractivity contribution in [3.05, 3.63) is 123 Å². The summed E-state index contributed by atoms with van der Waals surface area (Å²) in [7, 11) is -2.17. The second kappa shape index (κ2) is 19.1. The first-order valence-electron chi connectivity index (χ1n) is 22.5. The van der Waals surface area contributed by atoms with E-state index in [1.54, 1.807) is 13.1 Å². The van der Waals surface area contributed by atoms with E-state index in [1.165, 1.54) is 38.7 Å². The molecule has 8 heterocycles. The zero-order valence-electron chi connectivity index (χ0n) is 38.5. The standard InChI is InChI=1S/C43H56N12O12Si/c1-21(2)68(22(3)4,23(5)6)14-8-9-28-34(36(59)39(66-28)51-12-10-31(57)44-41(51)62)54-20-26(48-49-54)16-30-35(37(60)40(67-30)52-13-11-32(58)45-42(52)63)55-19-25(47-50-55)15-29-27(56)17-33(65-29)53-18-24(7)38(61)46-43(53)64/h10-13,18-23,27-30,33-37,39-40,56,59-60H,9,15-17H2,1-7H3,(H,44,57,62)(H,45,58,63)(H,46,61,64)/t27-,28+,29+,30+,33+,34+,35+,36+,37+,39+,40+/m0/s1. The van der Waals surface area contributed by atoms with Crippen LogP contribution in [0.1, 0.15) is 102 Å². The van der Waals surface area contributed by atoms with E-state index in [0.717, 1.165) is 21.3 Å². The molecule has 0 radical (unpaired) electrons. The molecule has 3 saturated heterocycles. The Morgan fingerprint density at radius 3 is 1.68 bits per heavy atom. The Labute approximate surface area is 387 Å². The Morgan fingerprint density at radius 2 is 1.16 bits per heavy atom. The number of rotatable bonds is 13. The highest BCUT2D eigenvalue weighted by Crippen LogP contribution is 2.43. The van der Waals surface area contributed by atoms with Crippen molar-refractivity contribution in [3.8, 4) is 11.5 Å². The van der Waals surface area contributed by atoms with Gasteiger partial charge in [0.05, 0.1) is 35.8 Å². The fourth-order valence-electron chi connectivity index (χ4n) is 10.3. The van der Waals surface area contributed by atoms with E-state index in [9.17, 15) is 44.1 Å². The number of nitrogens with one attached hydrogen (secondary N) is 3. The Bertz CT molecular complexity index is 3040. The van der Waals surface area contributed by atoms with Gasteiger partial charge in [0, 0.05) is 74.4 Å². The van der Waals surface area contributed by atoms with Gasteiger partial charge in [0.25, 0.3) is 16.7 Å². The van der Waals surface area contributed by atoms with Crippen LogP contribution < -0.4 is 33.7 Å². The second-order valence-corrected chi connectivity index (χ2v) is 24.3. The lowest BCUT2D eigenvalue weighted by molar-refractivity contribution is -0.0396. The van der Waals surface area contributed by atoms with Crippen LogP contribution in [0, 0.1) is 18.4 Å². The molecule has 5 aromatic heterocycles. The fraction of sp³-hybridized carbons (Fsp3) is 0.581. The molecule has 0 aromatic carbocycles. The molecule has 3 aliphatic rings. The van der Waals surface area contributed by atoms with Crippen LogP contribution in [0.4, 0.5) is 0 Å². The maximum atomic E-state index is 13.0. The molecule has 0 spiro atoms. The van der Waals surface area contributed by atoms with Gasteiger partial charge in [-0.05, 0) is 23.5 Å². The van der Waals surface area contributed by atoms with Gasteiger partial charge in [0.2, 0.25) is 0 Å². The fourth-order valence-corrected chi connectivity index (χ4v) is 15.6. The average Bonchev–Trinajstić information content (AvgIpc) is 4.11. The molecule has 68 heavy (non-hydrogen) atoms. The van der Waals surface area contributed by atoms with E-state index in [4.69, 9.17) is 14.2 Å². The Kier molecular flexibility index (Phi) is 13.6. The molecular weight excluding hydrogens is 905 g/mol. The van der Waals surface area contributed by atoms with Gasteiger partial charge < -0.3 is 29.5 Å². The van der Waals surface area contributed by atoms with Crippen molar-refractivity contribution in [1.29, 1.82) is 0 Å². The molecule has 0 bridgehead atoms.